The lowest BCUT2D eigenvalue weighted by atomic mass is 10.1. The van der Waals surface area contributed by atoms with Gasteiger partial charge in [0.15, 0.2) is 0 Å². The SMILES string of the molecule is Cc1ccc(N2C[C@@H](C(=O)Nc3ccc(C)cc3C)CC2=O)cc1. The number of carbonyl (C=O) groups excluding carboxylic acids is 2. The number of nitrogens with one attached hydrogen (secondary N) is 1. The van der Waals surface area contributed by atoms with Gasteiger partial charge in [-0.2, -0.15) is 0 Å². The van der Waals surface area contributed by atoms with E-state index in [2.05, 4.69) is 5.32 Å². The molecule has 1 heterocycles. The number of aryl methyl sites for hydroxylation is 3. The highest BCUT2D eigenvalue weighted by atomic mass is 16.2. The summed E-state index contributed by atoms with van der Waals surface area (Å²) in [4.78, 5) is 26.5. The molecule has 24 heavy (non-hydrogen) atoms. The number of amides is 2. The highest BCUT2D eigenvalue weighted by Gasteiger charge is 2.35. The third-order valence-electron chi connectivity index (χ3n) is 4.48. The maximum Gasteiger partial charge on any atom is 0.229 e. The van der Waals surface area contributed by atoms with Crippen molar-refractivity contribution in [3.05, 3.63) is 59.2 Å². The van der Waals surface area contributed by atoms with E-state index in [9.17, 15) is 9.59 Å². The summed E-state index contributed by atoms with van der Waals surface area (Å²) < 4.78 is 0. The molecule has 1 aliphatic heterocycles. The summed E-state index contributed by atoms with van der Waals surface area (Å²) in [5.74, 6) is -0.413. The first kappa shape index (κ1) is 16.2. The minimum absolute atomic E-state index is 0.000342. The Bertz CT molecular complexity index is 781. The van der Waals surface area contributed by atoms with Crippen LogP contribution in [0.4, 0.5) is 11.4 Å². The first-order chi connectivity index (χ1) is 11.4. The lowest BCUT2D eigenvalue weighted by Gasteiger charge is -2.17. The average Bonchev–Trinajstić information content (AvgIpc) is 2.93. The first-order valence-electron chi connectivity index (χ1n) is 8.19. The predicted octanol–water partition coefficient (Wildman–Crippen LogP) is 3.60. The number of hydrogen-bond acceptors (Lipinski definition) is 2. The van der Waals surface area contributed by atoms with Gasteiger partial charge >= 0.3 is 0 Å². The second-order valence-corrected chi connectivity index (χ2v) is 6.55. The van der Waals surface area contributed by atoms with Gasteiger partial charge in [0.05, 0.1) is 5.92 Å². The molecule has 0 aliphatic carbocycles. The third kappa shape index (κ3) is 3.32. The maximum absolute atomic E-state index is 12.5. The van der Waals surface area contributed by atoms with E-state index >= 15 is 0 Å². The topological polar surface area (TPSA) is 49.4 Å². The molecule has 1 aliphatic rings. The van der Waals surface area contributed by atoms with Crippen molar-refractivity contribution in [2.24, 2.45) is 5.92 Å². The molecule has 1 atom stereocenters. The summed E-state index contributed by atoms with van der Waals surface area (Å²) in [7, 11) is 0. The summed E-state index contributed by atoms with van der Waals surface area (Å²) in [6.07, 6.45) is 0.255. The van der Waals surface area contributed by atoms with Gasteiger partial charge in [-0.05, 0) is 44.5 Å². The number of anilines is 2. The Morgan fingerprint density at radius 2 is 1.71 bits per heavy atom. The van der Waals surface area contributed by atoms with E-state index in [-0.39, 0.29) is 24.2 Å². The van der Waals surface area contributed by atoms with Gasteiger partial charge in [0.25, 0.3) is 0 Å². The highest BCUT2D eigenvalue weighted by molar-refractivity contribution is 6.03. The summed E-state index contributed by atoms with van der Waals surface area (Å²) in [6.45, 7) is 6.43. The van der Waals surface area contributed by atoms with Crippen molar-refractivity contribution >= 4 is 23.2 Å². The summed E-state index contributed by atoms with van der Waals surface area (Å²) >= 11 is 0. The Morgan fingerprint density at radius 3 is 2.38 bits per heavy atom. The van der Waals surface area contributed by atoms with Crippen molar-refractivity contribution < 1.29 is 9.59 Å². The van der Waals surface area contributed by atoms with Crippen LogP contribution in [0.5, 0.6) is 0 Å². The molecule has 124 valence electrons. The Labute approximate surface area is 142 Å². The molecule has 1 fully saturated rings. The molecular weight excluding hydrogens is 300 g/mol. The Balaban J connectivity index is 1.70. The lowest BCUT2D eigenvalue weighted by Crippen LogP contribution is -2.28. The van der Waals surface area contributed by atoms with Crippen molar-refractivity contribution in [1.82, 2.24) is 0 Å². The number of carbonyl (C=O) groups is 2. The number of hydrogen-bond donors (Lipinski definition) is 1. The van der Waals surface area contributed by atoms with Crippen LogP contribution in [-0.4, -0.2) is 18.4 Å². The van der Waals surface area contributed by atoms with Gasteiger partial charge < -0.3 is 10.2 Å². The second-order valence-electron chi connectivity index (χ2n) is 6.55. The van der Waals surface area contributed by atoms with Crippen LogP contribution < -0.4 is 10.2 Å². The van der Waals surface area contributed by atoms with E-state index in [1.807, 2.05) is 63.2 Å². The molecule has 0 aromatic heterocycles. The van der Waals surface area contributed by atoms with Crippen molar-refractivity contribution in [2.75, 3.05) is 16.8 Å². The summed E-state index contributed by atoms with van der Waals surface area (Å²) in [5.41, 5.74) is 5.00. The normalized spacial score (nSPS) is 17.2. The fourth-order valence-corrected chi connectivity index (χ4v) is 3.05. The molecule has 1 N–H and O–H groups in total. The molecule has 4 heteroatoms. The van der Waals surface area contributed by atoms with Crippen LogP contribution in [0.3, 0.4) is 0 Å². The molecule has 2 aromatic carbocycles. The molecule has 2 aromatic rings. The summed E-state index contributed by atoms with van der Waals surface area (Å²) in [5, 5.41) is 2.96. The average molecular weight is 322 g/mol. The van der Waals surface area contributed by atoms with Gasteiger partial charge in [0, 0.05) is 24.3 Å². The molecule has 0 unspecified atom stereocenters. The lowest BCUT2D eigenvalue weighted by molar-refractivity contribution is -0.122. The van der Waals surface area contributed by atoms with Crippen LogP contribution in [0, 0.1) is 26.7 Å². The molecule has 0 radical (unpaired) electrons. The zero-order valence-electron chi connectivity index (χ0n) is 14.3. The largest absolute Gasteiger partial charge is 0.326 e. The van der Waals surface area contributed by atoms with Crippen molar-refractivity contribution in [1.29, 1.82) is 0 Å². The van der Waals surface area contributed by atoms with Gasteiger partial charge in [-0.1, -0.05) is 35.4 Å². The monoisotopic (exact) mass is 322 g/mol. The minimum atomic E-state index is -0.320. The number of rotatable bonds is 3. The van der Waals surface area contributed by atoms with Crippen molar-refractivity contribution in [2.45, 2.75) is 27.2 Å². The third-order valence-corrected chi connectivity index (χ3v) is 4.48. The minimum Gasteiger partial charge on any atom is -0.326 e. The quantitative estimate of drug-likeness (QED) is 0.938. The molecular formula is C20H22N2O2. The predicted molar refractivity (Wildman–Crippen MR) is 96.2 cm³/mol. The van der Waals surface area contributed by atoms with Crippen molar-refractivity contribution in [3.8, 4) is 0 Å². The Kier molecular flexibility index (Phi) is 4.38. The van der Waals surface area contributed by atoms with Gasteiger partial charge in [0.1, 0.15) is 0 Å². The fraction of sp³-hybridized carbons (Fsp3) is 0.300. The zero-order valence-corrected chi connectivity index (χ0v) is 14.3. The van der Waals surface area contributed by atoms with Gasteiger partial charge in [0.2, 0.25) is 11.8 Å². The fourth-order valence-electron chi connectivity index (χ4n) is 3.05. The standard InChI is InChI=1S/C20H22N2O2/c1-13-4-7-17(8-5-13)22-12-16(11-19(22)23)20(24)21-18-9-6-14(2)10-15(18)3/h4-10,16H,11-12H2,1-3H3,(H,21,24)/t16-/m0/s1. The highest BCUT2D eigenvalue weighted by Crippen LogP contribution is 2.27. The van der Waals surface area contributed by atoms with Gasteiger partial charge in [-0.15, -0.1) is 0 Å². The summed E-state index contributed by atoms with van der Waals surface area (Å²) in [6, 6.07) is 13.7. The molecule has 1 saturated heterocycles. The van der Waals surface area contributed by atoms with Crippen molar-refractivity contribution in [3.63, 3.8) is 0 Å². The van der Waals surface area contributed by atoms with E-state index in [1.54, 1.807) is 4.90 Å². The molecule has 0 spiro atoms. The number of benzene rings is 2. The van der Waals surface area contributed by atoms with Crippen LogP contribution in [0.15, 0.2) is 42.5 Å². The zero-order chi connectivity index (χ0) is 17.3. The van der Waals surface area contributed by atoms with E-state index in [0.717, 1.165) is 28.1 Å². The van der Waals surface area contributed by atoms with E-state index in [0.29, 0.717) is 6.54 Å². The Hall–Kier alpha value is -2.62. The maximum atomic E-state index is 12.5. The second kappa shape index (κ2) is 6.48. The van der Waals surface area contributed by atoms with Crippen LogP contribution in [0.1, 0.15) is 23.1 Å². The molecule has 4 nitrogen and oxygen atoms in total. The van der Waals surface area contributed by atoms with E-state index in [1.165, 1.54) is 0 Å². The molecule has 0 bridgehead atoms. The van der Waals surface area contributed by atoms with E-state index < -0.39 is 0 Å². The van der Waals surface area contributed by atoms with Gasteiger partial charge in [-0.3, -0.25) is 9.59 Å². The first-order valence-corrected chi connectivity index (χ1v) is 8.19. The van der Waals surface area contributed by atoms with E-state index in [4.69, 9.17) is 0 Å². The van der Waals surface area contributed by atoms with Crippen LogP contribution >= 0.6 is 0 Å². The smallest absolute Gasteiger partial charge is 0.229 e. The van der Waals surface area contributed by atoms with Crippen LogP contribution in [0.25, 0.3) is 0 Å². The molecule has 0 saturated carbocycles. The van der Waals surface area contributed by atoms with Crippen LogP contribution in [-0.2, 0) is 9.59 Å². The van der Waals surface area contributed by atoms with Gasteiger partial charge in [-0.25, -0.2) is 0 Å². The Morgan fingerprint density at radius 1 is 1.04 bits per heavy atom. The van der Waals surface area contributed by atoms with Crippen LogP contribution in [0.2, 0.25) is 0 Å². The molecule has 3 rings (SSSR count). The molecule has 2 amide bonds. The number of nitrogens with zero attached hydrogens (tertiary/aromatic N) is 1.